The standard InChI is InChI=1S/C16H24N2O/c1-6-14(10-17)19-15-8-7-12(2)9-13(15)11-18-16(3,4)5/h7-9,14,18H,6,11H2,1-5H3. The van der Waals surface area contributed by atoms with E-state index in [-0.39, 0.29) is 11.6 Å². The van der Waals surface area contributed by atoms with Gasteiger partial charge in [-0.05, 0) is 40.2 Å². The van der Waals surface area contributed by atoms with Gasteiger partial charge in [-0.2, -0.15) is 5.26 Å². The highest BCUT2D eigenvalue weighted by Gasteiger charge is 2.13. The number of benzene rings is 1. The van der Waals surface area contributed by atoms with Crippen LogP contribution in [0.4, 0.5) is 0 Å². The van der Waals surface area contributed by atoms with Crippen LogP contribution in [0.5, 0.6) is 5.75 Å². The molecule has 0 saturated heterocycles. The molecule has 0 aliphatic heterocycles. The SMILES string of the molecule is CCC(C#N)Oc1ccc(C)cc1CNC(C)(C)C. The van der Waals surface area contributed by atoms with Crippen LogP contribution < -0.4 is 10.1 Å². The highest BCUT2D eigenvalue weighted by atomic mass is 16.5. The van der Waals surface area contributed by atoms with Gasteiger partial charge < -0.3 is 10.1 Å². The monoisotopic (exact) mass is 260 g/mol. The van der Waals surface area contributed by atoms with E-state index in [4.69, 9.17) is 10.00 Å². The fourth-order valence-corrected chi connectivity index (χ4v) is 1.68. The van der Waals surface area contributed by atoms with Crippen molar-refractivity contribution in [3.63, 3.8) is 0 Å². The summed E-state index contributed by atoms with van der Waals surface area (Å²) in [5, 5.41) is 12.5. The van der Waals surface area contributed by atoms with Crippen LogP contribution in [0.2, 0.25) is 0 Å². The van der Waals surface area contributed by atoms with E-state index in [1.165, 1.54) is 5.56 Å². The molecular formula is C16H24N2O. The molecule has 3 nitrogen and oxygen atoms in total. The minimum Gasteiger partial charge on any atom is -0.475 e. The summed E-state index contributed by atoms with van der Waals surface area (Å²) in [5.41, 5.74) is 2.35. The maximum atomic E-state index is 9.00. The zero-order chi connectivity index (χ0) is 14.5. The molecule has 3 heteroatoms. The van der Waals surface area contributed by atoms with Crippen LogP contribution in [0.25, 0.3) is 0 Å². The van der Waals surface area contributed by atoms with Gasteiger partial charge in [0.1, 0.15) is 11.8 Å². The highest BCUT2D eigenvalue weighted by Crippen LogP contribution is 2.22. The van der Waals surface area contributed by atoms with Crippen LogP contribution >= 0.6 is 0 Å². The normalized spacial score (nSPS) is 12.8. The van der Waals surface area contributed by atoms with Gasteiger partial charge in [0.2, 0.25) is 0 Å². The van der Waals surface area contributed by atoms with Crippen molar-refractivity contribution < 1.29 is 4.74 Å². The molecule has 0 aromatic heterocycles. The van der Waals surface area contributed by atoms with Crippen molar-refractivity contribution in [3.05, 3.63) is 29.3 Å². The number of nitriles is 1. The van der Waals surface area contributed by atoms with E-state index < -0.39 is 0 Å². The highest BCUT2D eigenvalue weighted by molar-refractivity contribution is 5.37. The molecule has 0 fully saturated rings. The zero-order valence-corrected chi connectivity index (χ0v) is 12.6. The maximum absolute atomic E-state index is 9.00. The van der Waals surface area contributed by atoms with Crippen molar-refractivity contribution in [2.75, 3.05) is 0 Å². The largest absolute Gasteiger partial charge is 0.475 e. The van der Waals surface area contributed by atoms with E-state index in [1.54, 1.807) is 0 Å². The van der Waals surface area contributed by atoms with Crippen LogP contribution in [0.1, 0.15) is 45.2 Å². The molecule has 1 atom stereocenters. The topological polar surface area (TPSA) is 45.0 Å². The van der Waals surface area contributed by atoms with E-state index in [1.807, 2.05) is 19.1 Å². The number of nitrogens with one attached hydrogen (secondary N) is 1. The maximum Gasteiger partial charge on any atom is 0.184 e. The van der Waals surface area contributed by atoms with Crippen LogP contribution in [0.15, 0.2) is 18.2 Å². The molecule has 1 N–H and O–H groups in total. The average Bonchev–Trinajstić information content (AvgIpc) is 2.34. The molecule has 19 heavy (non-hydrogen) atoms. The van der Waals surface area contributed by atoms with Crippen LogP contribution in [-0.4, -0.2) is 11.6 Å². The van der Waals surface area contributed by atoms with Crippen molar-refractivity contribution in [3.8, 4) is 11.8 Å². The Labute approximate surface area is 116 Å². The minimum atomic E-state index is -0.379. The number of aryl methyl sites for hydroxylation is 1. The van der Waals surface area contributed by atoms with Crippen LogP contribution in [0, 0.1) is 18.3 Å². The Morgan fingerprint density at radius 2 is 2.05 bits per heavy atom. The van der Waals surface area contributed by atoms with Crippen molar-refractivity contribution in [1.29, 1.82) is 5.26 Å². The predicted octanol–water partition coefficient (Wildman–Crippen LogP) is 3.56. The minimum absolute atomic E-state index is 0.0560. The predicted molar refractivity (Wildman–Crippen MR) is 78.1 cm³/mol. The summed E-state index contributed by atoms with van der Waals surface area (Å²) >= 11 is 0. The van der Waals surface area contributed by atoms with Gasteiger partial charge in [-0.1, -0.05) is 24.6 Å². The fraction of sp³-hybridized carbons (Fsp3) is 0.562. The van der Waals surface area contributed by atoms with E-state index in [0.717, 1.165) is 17.9 Å². The van der Waals surface area contributed by atoms with E-state index >= 15 is 0 Å². The first-order chi connectivity index (χ1) is 8.85. The Morgan fingerprint density at radius 1 is 1.37 bits per heavy atom. The van der Waals surface area contributed by atoms with E-state index in [9.17, 15) is 0 Å². The Morgan fingerprint density at radius 3 is 2.58 bits per heavy atom. The van der Waals surface area contributed by atoms with E-state index in [0.29, 0.717) is 6.42 Å². The lowest BCUT2D eigenvalue weighted by Gasteiger charge is -2.22. The van der Waals surface area contributed by atoms with Crippen molar-refractivity contribution >= 4 is 0 Å². The lowest BCUT2D eigenvalue weighted by Crippen LogP contribution is -2.35. The molecule has 104 valence electrons. The van der Waals surface area contributed by atoms with E-state index in [2.05, 4.69) is 45.1 Å². The Bertz CT molecular complexity index is 455. The van der Waals surface area contributed by atoms with Gasteiger partial charge in [0.15, 0.2) is 6.10 Å². The van der Waals surface area contributed by atoms with Gasteiger partial charge >= 0.3 is 0 Å². The summed E-state index contributed by atoms with van der Waals surface area (Å²) in [7, 11) is 0. The second-order valence-electron chi connectivity index (χ2n) is 5.86. The Hall–Kier alpha value is -1.53. The number of hydrogen-bond donors (Lipinski definition) is 1. The summed E-state index contributed by atoms with van der Waals surface area (Å²) in [6.07, 6.45) is 0.312. The summed E-state index contributed by atoms with van der Waals surface area (Å²) in [6, 6.07) is 8.25. The van der Waals surface area contributed by atoms with Crippen molar-refractivity contribution in [1.82, 2.24) is 5.32 Å². The second-order valence-corrected chi connectivity index (χ2v) is 5.86. The molecule has 1 aromatic rings. The molecule has 1 rings (SSSR count). The number of nitrogens with zero attached hydrogens (tertiary/aromatic N) is 1. The average molecular weight is 260 g/mol. The molecular weight excluding hydrogens is 236 g/mol. The molecule has 0 saturated carbocycles. The molecule has 0 radical (unpaired) electrons. The molecule has 1 unspecified atom stereocenters. The quantitative estimate of drug-likeness (QED) is 0.880. The van der Waals surface area contributed by atoms with Crippen LogP contribution in [-0.2, 0) is 6.54 Å². The Balaban J connectivity index is 2.89. The number of ether oxygens (including phenoxy) is 1. The first-order valence-corrected chi connectivity index (χ1v) is 6.76. The molecule has 0 aliphatic carbocycles. The van der Waals surface area contributed by atoms with Gasteiger partial charge in [-0.15, -0.1) is 0 Å². The number of rotatable bonds is 5. The zero-order valence-electron chi connectivity index (χ0n) is 12.6. The lowest BCUT2D eigenvalue weighted by atomic mass is 10.1. The smallest absolute Gasteiger partial charge is 0.184 e. The van der Waals surface area contributed by atoms with Crippen molar-refractivity contribution in [2.24, 2.45) is 0 Å². The molecule has 1 aromatic carbocycles. The van der Waals surface area contributed by atoms with Gasteiger partial charge in [-0.25, -0.2) is 0 Å². The van der Waals surface area contributed by atoms with Gasteiger partial charge in [0.05, 0.1) is 0 Å². The van der Waals surface area contributed by atoms with Gasteiger partial charge in [0, 0.05) is 17.6 Å². The Kier molecular flexibility index (Phi) is 5.38. The third-order valence-electron chi connectivity index (χ3n) is 2.81. The third kappa shape index (κ3) is 5.32. The number of hydrogen-bond acceptors (Lipinski definition) is 3. The first-order valence-electron chi connectivity index (χ1n) is 6.76. The molecule has 0 bridgehead atoms. The summed E-state index contributed by atoms with van der Waals surface area (Å²) in [4.78, 5) is 0. The molecule has 0 spiro atoms. The van der Waals surface area contributed by atoms with Crippen molar-refractivity contribution in [2.45, 2.75) is 59.2 Å². The summed E-state index contributed by atoms with van der Waals surface area (Å²) < 4.78 is 5.76. The molecule has 0 amide bonds. The summed E-state index contributed by atoms with van der Waals surface area (Å²) in [6.45, 7) is 11.2. The lowest BCUT2D eigenvalue weighted by molar-refractivity contribution is 0.248. The third-order valence-corrected chi connectivity index (χ3v) is 2.81. The molecule has 0 heterocycles. The van der Waals surface area contributed by atoms with Gasteiger partial charge in [0.25, 0.3) is 0 Å². The molecule has 0 aliphatic rings. The second kappa shape index (κ2) is 6.58. The first kappa shape index (κ1) is 15.5. The fourth-order valence-electron chi connectivity index (χ4n) is 1.68. The summed E-state index contributed by atoms with van der Waals surface area (Å²) in [5.74, 6) is 0.802. The van der Waals surface area contributed by atoms with Gasteiger partial charge in [-0.3, -0.25) is 0 Å². The van der Waals surface area contributed by atoms with Crippen LogP contribution in [0.3, 0.4) is 0 Å².